The molecule has 9 nitrogen and oxygen atoms in total. The molecule has 3 aromatic rings. The molecule has 0 aliphatic carbocycles. The molecule has 2 N–H and O–H groups in total. The van der Waals surface area contributed by atoms with E-state index in [1.807, 2.05) is 13.0 Å². The van der Waals surface area contributed by atoms with Crippen LogP contribution in [0.2, 0.25) is 0 Å². The maximum atomic E-state index is 13.0. The van der Waals surface area contributed by atoms with Crippen LogP contribution in [-0.4, -0.2) is 42.3 Å². The first kappa shape index (κ1) is 24.7. The average molecular weight is 487 g/mol. The Kier molecular flexibility index (Phi) is 7.85. The Morgan fingerprint density at radius 2 is 1.44 bits per heavy atom. The van der Waals surface area contributed by atoms with Crippen molar-refractivity contribution < 1.29 is 32.2 Å². The van der Waals surface area contributed by atoms with Crippen LogP contribution in [0.15, 0.2) is 65.6 Å². The van der Waals surface area contributed by atoms with Crippen molar-refractivity contribution in [1.82, 2.24) is 0 Å². The SMILES string of the molecule is COc1ccc(NS(=O)(=O)c2cc(NC(=O)COc3ccc(C)cc3OC)ccc2OC)cc1. The molecule has 3 rings (SSSR count). The lowest BCUT2D eigenvalue weighted by molar-refractivity contribution is -0.118. The second-order valence-corrected chi connectivity index (χ2v) is 8.84. The number of anilines is 2. The minimum Gasteiger partial charge on any atom is -0.497 e. The van der Waals surface area contributed by atoms with Crippen LogP contribution in [0.25, 0.3) is 0 Å². The van der Waals surface area contributed by atoms with Crippen molar-refractivity contribution in [3.63, 3.8) is 0 Å². The van der Waals surface area contributed by atoms with Crippen LogP contribution >= 0.6 is 0 Å². The molecule has 0 saturated heterocycles. The smallest absolute Gasteiger partial charge is 0.265 e. The van der Waals surface area contributed by atoms with Gasteiger partial charge in [0.2, 0.25) is 0 Å². The first-order chi connectivity index (χ1) is 16.2. The topological polar surface area (TPSA) is 112 Å². The van der Waals surface area contributed by atoms with Gasteiger partial charge in [-0.25, -0.2) is 8.42 Å². The van der Waals surface area contributed by atoms with Gasteiger partial charge in [0.1, 0.15) is 16.4 Å². The highest BCUT2D eigenvalue weighted by molar-refractivity contribution is 7.92. The molecule has 0 aliphatic heterocycles. The number of rotatable bonds is 10. The lowest BCUT2D eigenvalue weighted by Crippen LogP contribution is -2.21. The summed E-state index contributed by atoms with van der Waals surface area (Å²) in [7, 11) is 0.382. The van der Waals surface area contributed by atoms with Gasteiger partial charge in [-0.2, -0.15) is 0 Å². The van der Waals surface area contributed by atoms with Crippen LogP contribution in [0.5, 0.6) is 23.0 Å². The molecule has 180 valence electrons. The van der Waals surface area contributed by atoms with Gasteiger partial charge >= 0.3 is 0 Å². The predicted octanol–water partition coefficient (Wildman–Crippen LogP) is 3.84. The zero-order valence-corrected chi connectivity index (χ0v) is 20.1. The molecular formula is C24H26N2O7S. The van der Waals surface area contributed by atoms with Gasteiger partial charge in [-0.05, 0) is 67.1 Å². The maximum Gasteiger partial charge on any atom is 0.265 e. The molecule has 0 aliphatic rings. The second kappa shape index (κ2) is 10.8. The highest BCUT2D eigenvalue weighted by Gasteiger charge is 2.21. The van der Waals surface area contributed by atoms with Crippen molar-refractivity contribution in [2.45, 2.75) is 11.8 Å². The van der Waals surface area contributed by atoms with Gasteiger partial charge in [0, 0.05) is 11.4 Å². The lowest BCUT2D eigenvalue weighted by Gasteiger charge is -2.14. The fraction of sp³-hybridized carbons (Fsp3) is 0.208. The number of amides is 1. The molecule has 0 spiro atoms. The van der Waals surface area contributed by atoms with E-state index >= 15 is 0 Å². The Labute approximate surface area is 198 Å². The van der Waals surface area contributed by atoms with Crippen LogP contribution in [0.1, 0.15) is 5.56 Å². The number of hydrogen-bond acceptors (Lipinski definition) is 7. The molecule has 0 unspecified atom stereocenters. The summed E-state index contributed by atoms with van der Waals surface area (Å²) in [4.78, 5) is 12.3. The van der Waals surface area contributed by atoms with E-state index < -0.39 is 15.9 Å². The van der Waals surface area contributed by atoms with Gasteiger partial charge in [0.15, 0.2) is 18.1 Å². The van der Waals surface area contributed by atoms with Gasteiger partial charge in [-0.3, -0.25) is 9.52 Å². The van der Waals surface area contributed by atoms with Crippen LogP contribution in [-0.2, 0) is 14.8 Å². The second-order valence-electron chi connectivity index (χ2n) is 7.19. The highest BCUT2D eigenvalue weighted by atomic mass is 32.2. The van der Waals surface area contributed by atoms with Crippen molar-refractivity contribution in [2.24, 2.45) is 0 Å². The van der Waals surface area contributed by atoms with Gasteiger partial charge in [0.25, 0.3) is 15.9 Å². The number of nitrogens with one attached hydrogen (secondary N) is 2. The van der Waals surface area contributed by atoms with Crippen LogP contribution in [0.3, 0.4) is 0 Å². The molecule has 0 atom stereocenters. The van der Waals surface area contributed by atoms with E-state index in [2.05, 4.69) is 10.0 Å². The summed E-state index contributed by atoms with van der Waals surface area (Å²) in [6, 6.07) is 16.1. The van der Waals surface area contributed by atoms with Crippen molar-refractivity contribution in [3.8, 4) is 23.0 Å². The minimum absolute atomic E-state index is 0.125. The van der Waals surface area contributed by atoms with Crippen LogP contribution in [0, 0.1) is 6.92 Å². The predicted molar refractivity (Wildman–Crippen MR) is 129 cm³/mol. The minimum atomic E-state index is -4.02. The zero-order valence-electron chi connectivity index (χ0n) is 19.2. The summed E-state index contributed by atoms with van der Waals surface area (Å²) in [6.45, 7) is 1.62. The Morgan fingerprint density at radius 3 is 2.09 bits per heavy atom. The third-order valence-electron chi connectivity index (χ3n) is 4.76. The Morgan fingerprint density at radius 1 is 0.794 bits per heavy atom. The normalized spacial score (nSPS) is 10.8. The fourth-order valence-electron chi connectivity index (χ4n) is 3.07. The molecule has 34 heavy (non-hydrogen) atoms. The summed E-state index contributed by atoms with van der Waals surface area (Å²) < 4.78 is 49.6. The first-order valence-corrected chi connectivity index (χ1v) is 11.7. The van der Waals surface area contributed by atoms with E-state index in [1.54, 1.807) is 36.4 Å². The standard InChI is InChI=1S/C24H26N2O7S/c1-16-5-11-20(22(13-16)32-4)33-15-24(27)25-18-8-12-21(31-3)23(14-18)34(28,29)26-17-6-9-19(30-2)10-7-17/h5-14,26H,15H2,1-4H3,(H,25,27). The number of ether oxygens (including phenoxy) is 4. The van der Waals surface area contributed by atoms with Gasteiger partial charge in [0.05, 0.1) is 21.3 Å². The third-order valence-corrected chi connectivity index (χ3v) is 6.16. The number of carbonyl (C=O) groups excluding carboxylic acids is 1. The summed E-state index contributed by atoms with van der Waals surface area (Å²) in [5.41, 5.74) is 1.60. The van der Waals surface area contributed by atoms with Gasteiger partial charge in [-0.15, -0.1) is 0 Å². The van der Waals surface area contributed by atoms with E-state index in [0.717, 1.165) is 5.56 Å². The largest absolute Gasteiger partial charge is 0.497 e. The lowest BCUT2D eigenvalue weighted by atomic mass is 10.2. The van der Waals surface area contributed by atoms with Crippen molar-refractivity contribution in [2.75, 3.05) is 38.0 Å². The molecule has 0 saturated carbocycles. The number of carbonyl (C=O) groups is 1. The third kappa shape index (κ3) is 6.10. The molecule has 0 radical (unpaired) electrons. The van der Waals surface area contributed by atoms with E-state index in [-0.39, 0.29) is 22.9 Å². The fourth-order valence-corrected chi connectivity index (χ4v) is 4.32. The molecule has 0 heterocycles. The van der Waals surface area contributed by atoms with Crippen molar-refractivity contribution in [1.29, 1.82) is 0 Å². The number of hydrogen-bond donors (Lipinski definition) is 2. The molecule has 10 heteroatoms. The number of benzene rings is 3. The quantitative estimate of drug-likeness (QED) is 0.448. The summed E-state index contributed by atoms with van der Waals surface area (Å²) in [5.74, 6) is 1.18. The molecule has 0 bridgehead atoms. The molecule has 0 aromatic heterocycles. The summed E-state index contributed by atoms with van der Waals surface area (Å²) in [6.07, 6.45) is 0. The van der Waals surface area contributed by atoms with Crippen LogP contribution in [0.4, 0.5) is 11.4 Å². The zero-order chi connectivity index (χ0) is 24.7. The van der Waals surface area contributed by atoms with Gasteiger partial charge in [-0.1, -0.05) is 6.07 Å². The Balaban J connectivity index is 1.74. The monoisotopic (exact) mass is 486 g/mol. The number of methoxy groups -OCH3 is 3. The van der Waals surface area contributed by atoms with Gasteiger partial charge < -0.3 is 24.3 Å². The number of sulfonamides is 1. The summed E-state index contributed by atoms with van der Waals surface area (Å²) >= 11 is 0. The Bertz CT molecular complexity index is 1260. The highest BCUT2D eigenvalue weighted by Crippen LogP contribution is 2.30. The van der Waals surface area contributed by atoms with E-state index in [4.69, 9.17) is 18.9 Å². The van der Waals surface area contributed by atoms with E-state index in [1.165, 1.54) is 39.5 Å². The first-order valence-electron chi connectivity index (χ1n) is 10.2. The molecule has 3 aromatic carbocycles. The van der Waals surface area contributed by atoms with Crippen molar-refractivity contribution >= 4 is 27.3 Å². The van der Waals surface area contributed by atoms with E-state index in [9.17, 15) is 13.2 Å². The number of aryl methyl sites for hydroxylation is 1. The maximum absolute atomic E-state index is 13.0. The summed E-state index contributed by atoms with van der Waals surface area (Å²) in [5, 5.41) is 2.63. The Hall–Kier alpha value is -3.92. The van der Waals surface area contributed by atoms with Crippen molar-refractivity contribution in [3.05, 3.63) is 66.2 Å². The molecule has 1 amide bonds. The van der Waals surface area contributed by atoms with Crippen LogP contribution < -0.4 is 29.0 Å². The molecule has 0 fully saturated rings. The average Bonchev–Trinajstić information content (AvgIpc) is 2.83. The molecular weight excluding hydrogens is 460 g/mol. The van der Waals surface area contributed by atoms with E-state index in [0.29, 0.717) is 22.9 Å².